The van der Waals surface area contributed by atoms with Gasteiger partial charge in [-0.15, -0.1) is 12.4 Å². The van der Waals surface area contributed by atoms with E-state index >= 15 is 0 Å². The number of imidazole rings is 1. The minimum absolute atomic E-state index is 0. The van der Waals surface area contributed by atoms with Gasteiger partial charge < -0.3 is 9.67 Å². The van der Waals surface area contributed by atoms with Crippen LogP contribution in [0.15, 0.2) is 73.3 Å². The highest BCUT2D eigenvalue weighted by atomic mass is 35.5. The monoisotopic (exact) mass is 328 g/mol. The Labute approximate surface area is 143 Å². The molecule has 0 fully saturated rings. The molecule has 3 aromatic rings. The van der Waals surface area contributed by atoms with Crippen LogP contribution in [0.5, 0.6) is 0 Å². The highest BCUT2D eigenvalue weighted by molar-refractivity contribution is 5.85. The largest absolute Gasteiger partial charge is 0.388 e. The van der Waals surface area contributed by atoms with Gasteiger partial charge in [-0.1, -0.05) is 61.5 Å². The first-order valence-electron chi connectivity index (χ1n) is 7.53. The zero-order valence-electron chi connectivity index (χ0n) is 13.0. The van der Waals surface area contributed by atoms with Crippen molar-refractivity contribution in [2.45, 2.75) is 19.6 Å². The molecule has 3 rings (SSSR count). The first kappa shape index (κ1) is 17.3. The Morgan fingerprint density at radius 2 is 1.65 bits per heavy atom. The standard InChI is InChI=1S/C19H20N2O.ClH/c1-15(13-21-12-11-20-14-21)19(22)18-9-7-17(8-10-18)16-5-3-2-4-6-16;/h2-12,14-15,19,22H,13H2,1H3;1H. The van der Waals surface area contributed by atoms with Gasteiger partial charge in [-0.25, -0.2) is 4.98 Å². The van der Waals surface area contributed by atoms with Gasteiger partial charge in [-0.3, -0.25) is 0 Å². The summed E-state index contributed by atoms with van der Waals surface area (Å²) in [5, 5.41) is 10.5. The fourth-order valence-electron chi connectivity index (χ4n) is 2.66. The third-order valence-electron chi connectivity index (χ3n) is 3.96. The minimum Gasteiger partial charge on any atom is -0.388 e. The highest BCUT2D eigenvalue weighted by Crippen LogP contribution is 2.26. The molecule has 3 nitrogen and oxygen atoms in total. The lowest BCUT2D eigenvalue weighted by atomic mass is 9.95. The van der Waals surface area contributed by atoms with E-state index < -0.39 is 6.10 Å². The molecule has 1 aromatic heterocycles. The lowest BCUT2D eigenvalue weighted by Crippen LogP contribution is -2.15. The van der Waals surface area contributed by atoms with Gasteiger partial charge in [0.15, 0.2) is 0 Å². The van der Waals surface area contributed by atoms with Crippen LogP contribution in [0.4, 0.5) is 0 Å². The number of rotatable bonds is 5. The molecule has 0 aliphatic carbocycles. The molecule has 120 valence electrons. The summed E-state index contributed by atoms with van der Waals surface area (Å²) in [6, 6.07) is 18.4. The zero-order valence-corrected chi connectivity index (χ0v) is 13.9. The summed E-state index contributed by atoms with van der Waals surface area (Å²) in [6.45, 7) is 2.80. The highest BCUT2D eigenvalue weighted by Gasteiger charge is 2.16. The molecule has 23 heavy (non-hydrogen) atoms. The number of aliphatic hydroxyl groups excluding tert-OH is 1. The Hall–Kier alpha value is -2.10. The second kappa shape index (κ2) is 7.95. The summed E-state index contributed by atoms with van der Waals surface area (Å²) in [7, 11) is 0. The fraction of sp³-hybridized carbons (Fsp3) is 0.211. The maximum absolute atomic E-state index is 10.5. The fourth-order valence-corrected chi connectivity index (χ4v) is 2.66. The smallest absolute Gasteiger partial charge is 0.0946 e. The van der Waals surface area contributed by atoms with Gasteiger partial charge in [0.25, 0.3) is 0 Å². The van der Waals surface area contributed by atoms with E-state index in [2.05, 4.69) is 36.2 Å². The molecule has 2 unspecified atom stereocenters. The Morgan fingerprint density at radius 1 is 1.00 bits per heavy atom. The van der Waals surface area contributed by atoms with Gasteiger partial charge >= 0.3 is 0 Å². The van der Waals surface area contributed by atoms with Crippen molar-refractivity contribution in [2.75, 3.05) is 0 Å². The Morgan fingerprint density at radius 3 is 2.26 bits per heavy atom. The Bertz CT molecular complexity index is 696. The molecule has 0 saturated heterocycles. The third kappa shape index (κ3) is 4.21. The summed E-state index contributed by atoms with van der Waals surface area (Å²) in [5.74, 6) is 0.122. The van der Waals surface area contributed by atoms with Crippen molar-refractivity contribution in [3.8, 4) is 11.1 Å². The average Bonchev–Trinajstić information content (AvgIpc) is 3.08. The molecule has 2 atom stereocenters. The van der Waals surface area contributed by atoms with E-state index in [1.807, 2.05) is 41.1 Å². The van der Waals surface area contributed by atoms with Gasteiger partial charge in [0.1, 0.15) is 0 Å². The van der Waals surface area contributed by atoms with Gasteiger partial charge in [0.05, 0.1) is 12.4 Å². The van der Waals surface area contributed by atoms with E-state index in [-0.39, 0.29) is 18.3 Å². The molecule has 0 amide bonds. The predicted molar refractivity (Wildman–Crippen MR) is 95.5 cm³/mol. The Kier molecular flexibility index (Phi) is 5.97. The molecule has 4 heteroatoms. The molecular formula is C19H21ClN2O. The molecule has 1 heterocycles. The lowest BCUT2D eigenvalue weighted by Gasteiger charge is -2.20. The van der Waals surface area contributed by atoms with E-state index in [4.69, 9.17) is 0 Å². The normalized spacial score (nSPS) is 13.1. The number of hydrogen-bond acceptors (Lipinski definition) is 2. The van der Waals surface area contributed by atoms with Crippen molar-refractivity contribution >= 4 is 12.4 Å². The van der Waals surface area contributed by atoms with Gasteiger partial charge in [-0.05, 0) is 16.7 Å². The van der Waals surface area contributed by atoms with Crippen molar-refractivity contribution in [3.05, 3.63) is 78.9 Å². The molecule has 0 aliphatic heterocycles. The summed E-state index contributed by atoms with van der Waals surface area (Å²) in [6.07, 6.45) is 4.98. The predicted octanol–water partition coefficient (Wildman–Crippen LogP) is 4.34. The van der Waals surface area contributed by atoms with E-state index in [1.165, 1.54) is 11.1 Å². The Balaban J connectivity index is 0.00000192. The van der Waals surface area contributed by atoms with Crippen LogP contribution in [0.3, 0.4) is 0 Å². The lowest BCUT2D eigenvalue weighted by molar-refractivity contribution is 0.108. The molecule has 0 aliphatic rings. The van der Waals surface area contributed by atoms with Crippen molar-refractivity contribution < 1.29 is 5.11 Å². The first-order valence-corrected chi connectivity index (χ1v) is 7.53. The van der Waals surface area contributed by atoms with Crippen LogP contribution in [-0.2, 0) is 6.54 Å². The second-order valence-electron chi connectivity index (χ2n) is 5.67. The van der Waals surface area contributed by atoms with E-state index in [0.29, 0.717) is 0 Å². The number of aliphatic hydroxyl groups is 1. The van der Waals surface area contributed by atoms with Gasteiger partial charge in [0, 0.05) is 24.9 Å². The van der Waals surface area contributed by atoms with E-state index in [0.717, 1.165) is 12.1 Å². The molecule has 2 aromatic carbocycles. The maximum atomic E-state index is 10.5. The van der Waals surface area contributed by atoms with Crippen LogP contribution >= 0.6 is 12.4 Å². The zero-order chi connectivity index (χ0) is 15.4. The van der Waals surface area contributed by atoms with Gasteiger partial charge in [0.2, 0.25) is 0 Å². The van der Waals surface area contributed by atoms with Crippen molar-refractivity contribution in [3.63, 3.8) is 0 Å². The average molecular weight is 329 g/mol. The van der Waals surface area contributed by atoms with Crippen LogP contribution in [0, 0.1) is 5.92 Å². The molecule has 0 radical (unpaired) electrons. The van der Waals surface area contributed by atoms with Crippen LogP contribution in [0.1, 0.15) is 18.6 Å². The van der Waals surface area contributed by atoms with Crippen LogP contribution in [-0.4, -0.2) is 14.7 Å². The molecule has 0 bridgehead atoms. The van der Waals surface area contributed by atoms with Crippen molar-refractivity contribution in [1.29, 1.82) is 0 Å². The summed E-state index contributed by atoms with van der Waals surface area (Å²) in [4.78, 5) is 4.03. The van der Waals surface area contributed by atoms with E-state index in [1.54, 1.807) is 12.5 Å². The van der Waals surface area contributed by atoms with Crippen LogP contribution in [0.25, 0.3) is 11.1 Å². The second-order valence-corrected chi connectivity index (χ2v) is 5.67. The van der Waals surface area contributed by atoms with Gasteiger partial charge in [-0.2, -0.15) is 0 Å². The number of nitrogens with zero attached hydrogens (tertiary/aromatic N) is 2. The molecular weight excluding hydrogens is 308 g/mol. The number of hydrogen-bond donors (Lipinski definition) is 1. The molecule has 0 spiro atoms. The number of aromatic nitrogens is 2. The van der Waals surface area contributed by atoms with Crippen molar-refractivity contribution in [2.24, 2.45) is 5.92 Å². The third-order valence-corrected chi connectivity index (χ3v) is 3.96. The van der Waals surface area contributed by atoms with Crippen LogP contribution < -0.4 is 0 Å². The number of benzene rings is 2. The van der Waals surface area contributed by atoms with E-state index in [9.17, 15) is 5.11 Å². The summed E-state index contributed by atoms with van der Waals surface area (Å²) >= 11 is 0. The topological polar surface area (TPSA) is 38.0 Å². The summed E-state index contributed by atoms with van der Waals surface area (Å²) in [5.41, 5.74) is 3.31. The molecule has 0 saturated carbocycles. The maximum Gasteiger partial charge on any atom is 0.0946 e. The SMILES string of the molecule is CC(Cn1ccnc1)C(O)c1ccc(-c2ccccc2)cc1.Cl. The summed E-state index contributed by atoms with van der Waals surface area (Å²) < 4.78 is 1.99. The quantitative estimate of drug-likeness (QED) is 0.756. The molecule has 1 N–H and O–H groups in total. The number of halogens is 1. The van der Waals surface area contributed by atoms with Crippen molar-refractivity contribution in [1.82, 2.24) is 9.55 Å². The minimum atomic E-state index is -0.479. The van der Waals surface area contributed by atoms with Crippen LogP contribution in [0.2, 0.25) is 0 Å². The first-order chi connectivity index (χ1) is 10.7.